The van der Waals surface area contributed by atoms with Crippen molar-refractivity contribution in [2.24, 2.45) is 5.92 Å². The zero-order valence-corrected chi connectivity index (χ0v) is 16.9. The number of esters is 1. The largest absolute Gasteiger partial charge is 0.462 e. The Bertz CT molecular complexity index is 963. The van der Waals surface area contributed by atoms with Crippen molar-refractivity contribution in [3.05, 3.63) is 70.9 Å². The van der Waals surface area contributed by atoms with E-state index in [1.54, 1.807) is 24.3 Å². The molecule has 144 valence electrons. The van der Waals surface area contributed by atoms with Gasteiger partial charge in [-0.15, -0.1) is 11.3 Å². The summed E-state index contributed by atoms with van der Waals surface area (Å²) < 4.78 is 5.21. The zero-order chi connectivity index (χ0) is 20.1. The Labute approximate surface area is 168 Å². The van der Waals surface area contributed by atoms with E-state index in [0.717, 1.165) is 15.4 Å². The first-order chi connectivity index (χ1) is 13.4. The van der Waals surface area contributed by atoms with Gasteiger partial charge >= 0.3 is 5.97 Å². The van der Waals surface area contributed by atoms with Gasteiger partial charge < -0.3 is 10.1 Å². The van der Waals surface area contributed by atoms with Crippen LogP contribution in [0.4, 0.5) is 5.69 Å². The van der Waals surface area contributed by atoms with Crippen molar-refractivity contribution in [1.29, 1.82) is 0 Å². The van der Waals surface area contributed by atoms with Crippen LogP contribution in [-0.2, 0) is 4.74 Å². The summed E-state index contributed by atoms with van der Waals surface area (Å²) in [6, 6.07) is 16.4. The number of amides is 1. The summed E-state index contributed by atoms with van der Waals surface area (Å²) in [6.07, 6.45) is 0. The summed E-state index contributed by atoms with van der Waals surface area (Å²) in [5.74, 6) is -0.366. The maximum atomic E-state index is 12.8. The molecule has 5 nitrogen and oxygen atoms in total. The van der Waals surface area contributed by atoms with Crippen molar-refractivity contribution in [3.8, 4) is 10.4 Å². The van der Waals surface area contributed by atoms with Crippen LogP contribution in [0.5, 0.6) is 0 Å². The van der Waals surface area contributed by atoms with Crippen LogP contribution in [0.15, 0.2) is 54.6 Å². The SMILES string of the molecule is Cc1nc(C(=O)Nc2ccc(C(=O)OCC(C)C)cc2)c(-c2ccccc2)s1. The zero-order valence-electron chi connectivity index (χ0n) is 16.1. The molecule has 6 heteroatoms. The smallest absolute Gasteiger partial charge is 0.338 e. The lowest BCUT2D eigenvalue weighted by Gasteiger charge is -2.08. The molecule has 3 aromatic rings. The highest BCUT2D eigenvalue weighted by Crippen LogP contribution is 2.30. The van der Waals surface area contributed by atoms with Gasteiger partial charge in [-0.1, -0.05) is 44.2 Å². The van der Waals surface area contributed by atoms with E-state index in [-0.39, 0.29) is 17.8 Å². The Morgan fingerprint density at radius 2 is 1.75 bits per heavy atom. The molecule has 1 heterocycles. The Hall–Kier alpha value is -2.99. The fourth-order valence-electron chi connectivity index (χ4n) is 2.57. The average molecular weight is 394 g/mol. The van der Waals surface area contributed by atoms with Gasteiger partial charge in [0.05, 0.1) is 22.1 Å². The first-order valence-corrected chi connectivity index (χ1v) is 9.87. The third-order valence-electron chi connectivity index (χ3n) is 3.91. The van der Waals surface area contributed by atoms with Crippen LogP contribution >= 0.6 is 11.3 Å². The molecule has 0 aliphatic carbocycles. The lowest BCUT2D eigenvalue weighted by atomic mass is 10.1. The first kappa shape index (κ1) is 19.8. The third-order valence-corrected chi connectivity index (χ3v) is 4.93. The van der Waals surface area contributed by atoms with Crippen LogP contribution in [0.3, 0.4) is 0 Å². The van der Waals surface area contributed by atoms with E-state index in [9.17, 15) is 9.59 Å². The molecule has 0 aliphatic heterocycles. The fraction of sp³-hybridized carbons (Fsp3) is 0.227. The maximum absolute atomic E-state index is 12.8. The van der Waals surface area contributed by atoms with Crippen LogP contribution in [0.1, 0.15) is 39.7 Å². The van der Waals surface area contributed by atoms with Crippen LogP contribution in [0.25, 0.3) is 10.4 Å². The number of ether oxygens (including phenoxy) is 1. The molecular weight excluding hydrogens is 372 g/mol. The number of nitrogens with one attached hydrogen (secondary N) is 1. The fourth-order valence-corrected chi connectivity index (χ4v) is 3.49. The van der Waals surface area contributed by atoms with E-state index in [4.69, 9.17) is 4.74 Å². The third kappa shape index (κ3) is 4.84. The minimum absolute atomic E-state index is 0.279. The van der Waals surface area contributed by atoms with Gasteiger partial charge in [0.1, 0.15) is 5.69 Å². The van der Waals surface area contributed by atoms with Gasteiger partial charge in [0, 0.05) is 5.69 Å². The number of anilines is 1. The number of aryl methyl sites for hydroxylation is 1. The summed E-state index contributed by atoms with van der Waals surface area (Å²) in [5.41, 5.74) is 2.40. The standard InChI is InChI=1S/C22H22N2O3S/c1-14(2)13-27-22(26)17-9-11-18(12-10-17)24-21(25)19-20(28-15(3)23-19)16-7-5-4-6-8-16/h4-12,14H,13H2,1-3H3,(H,24,25). The second-order valence-corrected chi connectivity index (χ2v) is 8.00. The molecule has 0 unspecified atom stereocenters. The molecule has 0 fully saturated rings. The van der Waals surface area contributed by atoms with Gasteiger partial charge in [0.15, 0.2) is 0 Å². The molecule has 0 radical (unpaired) electrons. The highest BCUT2D eigenvalue weighted by molar-refractivity contribution is 7.15. The molecule has 0 atom stereocenters. The Balaban J connectivity index is 1.73. The van der Waals surface area contributed by atoms with E-state index in [1.165, 1.54) is 11.3 Å². The minimum Gasteiger partial charge on any atom is -0.462 e. The minimum atomic E-state index is -0.368. The van der Waals surface area contributed by atoms with E-state index in [1.807, 2.05) is 51.1 Å². The lowest BCUT2D eigenvalue weighted by Crippen LogP contribution is -2.14. The molecule has 2 aromatic carbocycles. The summed E-state index contributed by atoms with van der Waals surface area (Å²) in [4.78, 5) is 30.0. The molecule has 0 aliphatic rings. The number of aromatic nitrogens is 1. The average Bonchev–Trinajstić information content (AvgIpc) is 3.09. The van der Waals surface area contributed by atoms with E-state index in [0.29, 0.717) is 23.6 Å². The molecule has 1 aromatic heterocycles. The normalized spacial score (nSPS) is 10.7. The number of thiazole rings is 1. The molecule has 0 saturated heterocycles. The predicted octanol–water partition coefficient (Wildman–Crippen LogP) is 5.18. The van der Waals surface area contributed by atoms with Crippen LogP contribution in [-0.4, -0.2) is 23.5 Å². The topological polar surface area (TPSA) is 68.3 Å². The van der Waals surface area contributed by atoms with Crippen LogP contribution in [0, 0.1) is 12.8 Å². The molecule has 0 spiro atoms. The quantitative estimate of drug-likeness (QED) is 0.585. The number of hydrogen-bond acceptors (Lipinski definition) is 5. The maximum Gasteiger partial charge on any atom is 0.338 e. The molecule has 0 saturated carbocycles. The monoisotopic (exact) mass is 394 g/mol. The van der Waals surface area contributed by atoms with Gasteiger partial charge in [-0.3, -0.25) is 4.79 Å². The molecule has 0 bridgehead atoms. The number of carbonyl (C=O) groups excluding carboxylic acids is 2. The predicted molar refractivity (Wildman–Crippen MR) is 112 cm³/mol. The number of hydrogen-bond donors (Lipinski definition) is 1. The van der Waals surface area contributed by atoms with Crippen LogP contribution < -0.4 is 5.32 Å². The highest BCUT2D eigenvalue weighted by atomic mass is 32.1. The number of benzene rings is 2. The van der Waals surface area contributed by atoms with Gasteiger partial charge in [0.2, 0.25) is 0 Å². The molecular formula is C22H22N2O3S. The molecule has 28 heavy (non-hydrogen) atoms. The van der Waals surface area contributed by atoms with E-state index < -0.39 is 0 Å². The Kier molecular flexibility index (Phi) is 6.21. The van der Waals surface area contributed by atoms with Crippen molar-refractivity contribution in [2.75, 3.05) is 11.9 Å². The lowest BCUT2D eigenvalue weighted by molar-refractivity contribution is 0.0459. The van der Waals surface area contributed by atoms with Gasteiger partial charge in [-0.25, -0.2) is 9.78 Å². The Morgan fingerprint density at radius 1 is 1.07 bits per heavy atom. The Morgan fingerprint density at radius 3 is 2.39 bits per heavy atom. The van der Waals surface area contributed by atoms with Gasteiger partial charge in [0.25, 0.3) is 5.91 Å². The number of rotatable bonds is 6. The highest BCUT2D eigenvalue weighted by Gasteiger charge is 2.18. The summed E-state index contributed by atoms with van der Waals surface area (Å²) in [5, 5.41) is 3.68. The molecule has 3 rings (SSSR count). The number of carbonyl (C=O) groups is 2. The first-order valence-electron chi connectivity index (χ1n) is 9.05. The van der Waals surface area contributed by atoms with Gasteiger partial charge in [-0.2, -0.15) is 0 Å². The van der Waals surface area contributed by atoms with Crippen molar-refractivity contribution < 1.29 is 14.3 Å². The summed E-state index contributed by atoms with van der Waals surface area (Å²) in [7, 11) is 0. The van der Waals surface area contributed by atoms with E-state index >= 15 is 0 Å². The second kappa shape index (κ2) is 8.80. The van der Waals surface area contributed by atoms with Gasteiger partial charge in [-0.05, 0) is 42.7 Å². The number of nitrogens with zero attached hydrogens (tertiary/aromatic N) is 1. The molecule has 1 N–H and O–H groups in total. The van der Waals surface area contributed by atoms with Crippen LogP contribution in [0.2, 0.25) is 0 Å². The van der Waals surface area contributed by atoms with Crippen molar-refractivity contribution in [1.82, 2.24) is 4.98 Å². The summed E-state index contributed by atoms with van der Waals surface area (Å²) in [6.45, 7) is 6.22. The molecule has 1 amide bonds. The van der Waals surface area contributed by atoms with Crippen molar-refractivity contribution in [2.45, 2.75) is 20.8 Å². The second-order valence-electron chi connectivity index (χ2n) is 6.80. The van der Waals surface area contributed by atoms with Crippen molar-refractivity contribution in [3.63, 3.8) is 0 Å². The summed E-state index contributed by atoms with van der Waals surface area (Å²) >= 11 is 1.49. The van der Waals surface area contributed by atoms with Crippen molar-refractivity contribution >= 4 is 28.9 Å². The van der Waals surface area contributed by atoms with E-state index in [2.05, 4.69) is 10.3 Å².